The molecule has 1 N–H and O–H groups in total. The third kappa shape index (κ3) is 4.86. The summed E-state index contributed by atoms with van der Waals surface area (Å²) in [6, 6.07) is 24.2. The highest BCUT2D eigenvalue weighted by Gasteiger charge is 2.20. The maximum atomic E-state index is 11.6. The van der Waals surface area contributed by atoms with Gasteiger partial charge in [-0.25, -0.2) is 4.79 Å². The summed E-state index contributed by atoms with van der Waals surface area (Å²) >= 11 is 0. The lowest BCUT2D eigenvalue weighted by Gasteiger charge is -2.16. The van der Waals surface area contributed by atoms with Crippen molar-refractivity contribution in [3.05, 3.63) is 90.0 Å². The molecule has 0 saturated carbocycles. The van der Waals surface area contributed by atoms with Gasteiger partial charge in [0.25, 0.3) is 0 Å². The molecule has 1 unspecified atom stereocenters. The van der Waals surface area contributed by atoms with Crippen LogP contribution in [0.2, 0.25) is 0 Å². The molecule has 26 heavy (non-hydrogen) atoms. The fourth-order valence-electron chi connectivity index (χ4n) is 2.56. The molecule has 1 atom stereocenters. The van der Waals surface area contributed by atoms with Gasteiger partial charge in [-0.15, -0.1) is 0 Å². The SMILES string of the molecule is Cc1cccc(OC(Cc2ccc(Oc3ccccc3)cc2)C(=O)O)c1. The van der Waals surface area contributed by atoms with Crippen LogP contribution in [0, 0.1) is 6.92 Å². The van der Waals surface area contributed by atoms with Gasteiger partial charge in [0.15, 0.2) is 6.10 Å². The molecule has 0 amide bonds. The quantitative estimate of drug-likeness (QED) is 0.662. The first-order valence-electron chi connectivity index (χ1n) is 8.38. The van der Waals surface area contributed by atoms with Gasteiger partial charge < -0.3 is 14.6 Å². The molecule has 0 bridgehead atoms. The number of hydrogen-bond donors (Lipinski definition) is 1. The van der Waals surface area contributed by atoms with Gasteiger partial charge >= 0.3 is 5.97 Å². The first-order valence-corrected chi connectivity index (χ1v) is 8.38. The zero-order valence-electron chi connectivity index (χ0n) is 14.5. The Morgan fingerprint density at radius 1 is 0.885 bits per heavy atom. The van der Waals surface area contributed by atoms with Crippen molar-refractivity contribution in [1.82, 2.24) is 0 Å². The van der Waals surface area contributed by atoms with E-state index in [4.69, 9.17) is 9.47 Å². The molecule has 0 fully saturated rings. The molecular weight excluding hydrogens is 328 g/mol. The monoisotopic (exact) mass is 348 g/mol. The summed E-state index contributed by atoms with van der Waals surface area (Å²) in [5.41, 5.74) is 1.89. The van der Waals surface area contributed by atoms with Crippen molar-refractivity contribution in [2.45, 2.75) is 19.4 Å². The van der Waals surface area contributed by atoms with Gasteiger partial charge in [-0.05, 0) is 54.4 Å². The van der Waals surface area contributed by atoms with E-state index in [2.05, 4.69) is 0 Å². The molecule has 3 aromatic carbocycles. The molecule has 0 aliphatic rings. The predicted octanol–water partition coefficient (Wildman–Crippen LogP) is 4.86. The molecule has 3 rings (SSSR count). The number of aliphatic carboxylic acids is 1. The minimum atomic E-state index is -0.990. The van der Waals surface area contributed by atoms with Gasteiger partial charge in [0, 0.05) is 6.42 Å². The number of benzene rings is 3. The van der Waals surface area contributed by atoms with E-state index in [0.717, 1.165) is 16.9 Å². The van der Waals surface area contributed by atoms with E-state index >= 15 is 0 Å². The average molecular weight is 348 g/mol. The first-order chi connectivity index (χ1) is 12.6. The second-order valence-electron chi connectivity index (χ2n) is 6.02. The first kappa shape index (κ1) is 17.5. The number of carboxylic acids is 1. The number of carboxylic acid groups (broad SMARTS) is 1. The van der Waals surface area contributed by atoms with Crippen LogP contribution < -0.4 is 9.47 Å². The summed E-state index contributed by atoms with van der Waals surface area (Å²) in [6.07, 6.45) is -0.674. The molecule has 0 aliphatic heterocycles. The Morgan fingerprint density at radius 3 is 2.19 bits per heavy atom. The van der Waals surface area contributed by atoms with Crippen molar-refractivity contribution in [3.63, 3.8) is 0 Å². The molecule has 0 saturated heterocycles. The number of para-hydroxylation sites is 1. The largest absolute Gasteiger partial charge is 0.478 e. The molecule has 0 aromatic heterocycles. The smallest absolute Gasteiger partial charge is 0.345 e. The standard InChI is InChI=1S/C22H20O4/c1-16-6-5-9-20(14-16)26-21(22(23)24)15-17-10-12-19(13-11-17)25-18-7-3-2-4-8-18/h2-14,21H,15H2,1H3,(H,23,24). The van der Waals surface area contributed by atoms with Crippen LogP contribution in [0.25, 0.3) is 0 Å². The third-order valence-corrected chi connectivity index (χ3v) is 3.87. The topological polar surface area (TPSA) is 55.8 Å². The van der Waals surface area contributed by atoms with Gasteiger partial charge in [-0.1, -0.05) is 42.5 Å². The fourth-order valence-corrected chi connectivity index (χ4v) is 2.56. The summed E-state index contributed by atoms with van der Waals surface area (Å²) in [7, 11) is 0. The van der Waals surface area contributed by atoms with E-state index in [1.165, 1.54) is 0 Å². The number of rotatable bonds is 7. The van der Waals surface area contributed by atoms with Crippen LogP contribution in [0.5, 0.6) is 17.2 Å². The Bertz CT molecular complexity index is 857. The van der Waals surface area contributed by atoms with Crippen LogP contribution in [-0.4, -0.2) is 17.2 Å². The second-order valence-corrected chi connectivity index (χ2v) is 6.02. The highest BCUT2D eigenvalue weighted by atomic mass is 16.5. The average Bonchev–Trinajstić information content (AvgIpc) is 2.63. The number of carbonyl (C=O) groups is 1. The minimum absolute atomic E-state index is 0.273. The van der Waals surface area contributed by atoms with Crippen LogP contribution in [0.4, 0.5) is 0 Å². The maximum Gasteiger partial charge on any atom is 0.345 e. The molecule has 0 spiro atoms. The van der Waals surface area contributed by atoms with Crippen molar-refractivity contribution < 1.29 is 19.4 Å². The second kappa shape index (κ2) is 8.21. The molecule has 0 heterocycles. The summed E-state index contributed by atoms with van der Waals surface area (Å²) in [5, 5.41) is 9.46. The van der Waals surface area contributed by atoms with E-state index in [9.17, 15) is 9.90 Å². The Hall–Kier alpha value is -3.27. The van der Waals surface area contributed by atoms with Crippen LogP contribution in [0.1, 0.15) is 11.1 Å². The van der Waals surface area contributed by atoms with Crippen LogP contribution in [0.3, 0.4) is 0 Å². The van der Waals surface area contributed by atoms with E-state index in [-0.39, 0.29) is 6.42 Å². The zero-order chi connectivity index (χ0) is 18.4. The number of hydrogen-bond acceptors (Lipinski definition) is 3. The summed E-state index contributed by atoms with van der Waals surface area (Å²) in [5.74, 6) is 1.02. The lowest BCUT2D eigenvalue weighted by atomic mass is 10.1. The summed E-state index contributed by atoms with van der Waals surface area (Å²) in [4.78, 5) is 11.6. The van der Waals surface area contributed by atoms with E-state index in [1.54, 1.807) is 6.07 Å². The van der Waals surface area contributed by atoms with Crippen LogP contribution >= 0.6 is 0 Å². The summed E-state index contributed by atoms with van der Waals surface area (Å²) < 4.78 is 11.4. The van der Waals surface area contributed by atoms with Crippen LogP contribution in [-0.2, 0) is 11.2 Å². The van der Waals surface area contributed by atoms with Crippen LogP contribution in [0.15, 0.2) is 78.9 Å². The fraction of sp³-hybridized carbons (Fsp3) is 0.136. The van der Waals surface area contributed by atoms with E-state index in [1.807, 2.05) is 79.7 Å². The van der Waals surface area contributed by atoms with Crippen molar-refractivity contribution in [2.24, 2.45) is 0 Å². The molecule has 0 aliphatic carbocycles. The Balaban J connectivity index is 1.66. The van der Waals surface area contributed by atoms with Gasteiger partial charge in [0.1, 0.15) is 17.2 Å². The van der Waals surface area contributed by atoms with Gasteiger partial charge in [0.05, 0.1) is 0 Å². The maximum absolute atomic E-state index is 11.6. The van der Waals surface area contributed by atoms with E-state index < -0.39 is 12.1 Å². The summed E-state index contributed by atoms with van der Waals surface area (Å²) in [6.45, 7) is 1.94. The van der Waals surface area contributed by atoms with Gasteiger partial charge in [-0.2, -0.15) is 0 Å². The van der Waals surface area contributed by atoms with Crippen molar-refractivity contribution in [2.75, 3.05) is 0 Å². The number of aryl methyl sites for hydroxylation is 1. The third-order valence-electron chi connectivity index (χ3n) is 3.87. The Morgan fingerprint density at radius 2 is 1.54 bits per heavy atom. The zero-order valence-corrected chi connectivity index (χ0v) is 14.5. The Kier molecular flexibility index (Phi) is 5.54. The normalized spacial score (nSPS) is 11.6. The molecule has 4 nitrogen and oxygen atoms in total. The minimum Gasteiger partial charge on any atom is -0.478 e. The van der Waals surface area contributed by atoms with E-state index in [0.29, 0.717) is 11.5 Å². The number of ether oxygens (including phenoxy) is 2. The molecular formula is C22H20O4. The predicted molar refractivity (Wildman–Crippen MR) is 99.9 cm³/mol. The highest BCUT2D eigenvalue weighted by Crippen LogP contribution is 2.22. The lowest BCUT2D eigenvalue weighted by Crippen LogP contribution is -2.29. The molecule has 0 radical (unpaired) electrons. The van der Waals surface area contributed by atoms with Crippen molar-refractivity contribution >= 4 is 5.97 Å². The van der Waals surface area contributed by atoms with Crippen molar-refractivity contribution in [1.29, 1.82) is 0 Å². The molecule has 132 valence electrons. The molecule has 3 aromatic rings. The molecule has 4 heteroatoms. The van der Waals surface area contributed by atoms with Gasteiger partial charge in [-0.3, -0.25) is 0 Å². The highest BCUT2D eigenvalue weighted by molar-refractivity contribution is 5.73. The Labute approximate surface area is 152 Å². The lowest BCUT2D eigenvalue weighted by molar-refractivity contribution is -0.145. The van der Waals surface area contributed by atoms with Gasteiger partial charge in [0.2, 0.25) is 0 Å². The van der Waals surface area contributed by atoms with Crippen molar-refractivity contribution in [3.8, 4) is 17.2 Å².